The Kier molecular flexibility index (Phi) is 5.48. The van der Waals surface area contributed by atoms with Crippen molar-refractivity contribution in [2.45, 2.75) is 52.1 Å². The molecule has 2 aliphatic heterocycles. The van der Waals surface area contributed by atoms with Crippen LogP contribution in [0.25, 0.3) is 0 Å². The Balaban J connectivity index is 1.32. The average molecular weight is 355 g/mol. The van der Waals surface area contributed by atoms with Crippen LogP contribution in [0.15, 0.2) is 24.8 Å². The first-order valence-electron chi connectivity index (χ1n) is 10.0. The molecule has 4 rings (SSSR count). The Morgan fingerprint density at radius 3 is 2.54 bits per heavy atom. The normalized spacial score (nSPS) is 21.9. The Hall–Kier alpha value is -1.95. The zero-order valence-electron chi connectivity index (χ0n) is 15.8. The minimum absolute atomic E-state index is 0.699. The molecule has 0 N–H and O–H groups in total. The first-order chi connectivity index (χ1) is 12.8. The van der Waals surface area contributed by atoms with Crippen LogP contribution in [0.3, 0.4) is 0 Å². The smallest absolute Gasteiger partial charge is 0.225 e. The summed E-state index contributed by atoms with van der Waals surface area (Å²) in [7, 11) is 0. The van der Waals surface area contributed by atoms with E-state index in [-0.39, 0.29) is 0 Å². The number of aryl methyl sites for hydroxylation is 1. The van der Waals surface area contributed by atoms with Gasteiger partial charge in [-0.3, -0.25) is 4.90 Å². The molecule has 4 heterocycles. The molecule has 0 radical (unpaired) electrons. The van der Waals surface area contributed by atoms with Crippen molar-refractivity contribution in [3.05, 3.63) is 36.2 Å². The van der Waals surface area contributed by atoms with Gasteiger partial charge in [0.15, 0.2) is 0 Å². The van der Waals surface area contributed by atoms with Crippen molar-refractivity contribution in [2.75, 3.05) is 31.1 Å². The van der Waals surface area contributed by atoms with Gasteiger partial charge in [0.1, 0.15) is 5.82 Å². The van der Waals surface area contributed by atoms with E-state index in [4.69, 9.17) is 0 Å². The molecule has 0 unspecified atom stereocenters. The van der Waals surface area contributed by atoms with Gasteiger partial charge in [0, 0.05) is 63.1 Å². The minimum atomic E-state index is 0.699. The molecule has 1 atom stereocenters. The molecule has 6 nitrogen and oxygen atoms in total. The second-order valence-electron chi connectivity index (χ2n) is 7.81. The molecule has 0 spiro atoms. The topological polar surface area (TPSA) is 50.1 Å². The molecule has 0 saturated carbocycles. The molecule has 140 valence electrons. The summed E-state index contributed by atoms with van der Waals surface area (Å²) in [6, 6.07) is 0. The van der Waals surface area contributed by atoms with Gasteiger partial charge in [-0.05, 0) is 51.5 Å². The van der Waals surface area contributed by atoms with Crippen molar-refractivity contribution in [3.8, 4) is 0 Å². The van der Waals surface area contributed by atoms with Crippen LogP contribution in [0.4, 0.5) is 5.95 Å². The fraction of sp³-hybridized carbons (Fsp3) is 0.650. The van der Waals surface area contributed by atoms with Gasteiger partial charge in [-0.1, -0.05) is 0 Å². The highest BCUT2D eigenvalue weighted by Crippen LogP contribution is 2.21. The van der Waals surface area contributed by atoms with Gasteiger partial charge in [-0.25, -0.2) is 15.0 Å². The number of imidazole rings is 1. The SMILES string of the molecule is Cc1nccn1C[C@@H]1CCCN(Cc2cnc(N3CCCCC3)nc2)C1. The monoisotopic (exact) mass is 354 g/mol. The molecule has 6 heteroatoms. The van der Waals surface area contributed by atoms with E-state index in [9.17, 15) is 0 Å². The van der Waals surface area contributed by atoms with E-state index in [2.05, 4.69) is 42.4 Å². The van der Waals surface area contributed by atoms with E-state index in [0.717, 1.165) is 44.5 Å². The predicted molar refractivity (Wildman–Crippen MR) is 103 cm³/mol. The van der Waals surface area contributed by atoms with Gasteiger partial charge in [0.05, 0.1) is 0 Å². The number of rotatable bonds is 5. The fourth-order valence-electron chi connectivity index (χ4n) is 4.26. The second kappa shape index (κ2) is 8.16. The van der Waals surface area contributed by atoms with Crippen molar-refractivity contribution in [2.24, 2.45) is 5.92 Å². The Morgan fingerprint density at radius 2 is 1.81 bits per heavy atom. The lowest BCUT2D eigenvalue weighted by molar-refractivity contribution is 0.155. The van der Waals surface area contributed by atoms with Gasteiger partial charge in [-0.15, -0.1) is 0 Å². The molecular weight excluding hydrogens is 324 g/mol. The van der Waals surface area contributed by atoms with Crippen LogP contribution in [0.1, 0.15) is 43.5 Å². The summed E-state index contributed by atoms with van der Waals surface area (Å²) in [5, 5.41) is 0. The lowest BCUT2D eigenvalue weighted by atomic mass is 9.97. The standard InChI is InChI=1S/C20H30N6/c1-17-21-7-11-26(17)16-18-6-5-8-24(14-18)15-19-12-22-20(23-13-19)25-9-3-2-4-10-25/h7,11-13,18H,2-6,8-10,14-16H2,1H3/t18-/m1/s1. The van der Waals surface area contributed by atoms with Crippen molar-refractivity contribution in [3.63, 3.8) is 0 Å². The molecule has 2 fully saturated rings. The summed E-state index contributed by atoms with van der Waals surface area (Å²) in [5.41, 5.74) is 1.23. The average Bonchev–Trinajstić information content (AvgIpc) is 3.08. The molecule has 0 amide bonds. The lowest BCUT2D eigenvalue weighted by Crippen LogP contribution is -2.36. The third kappa shape index (κ3) is 4.23. The summed E-state index contributed by atoms with van der Waals surface area (Å²) in [6.45, 7) is 8.63. The van der Waals surface area contributed by atoms with Crippen LogP contribution < -0.4 is 4.90 Å². The van der Waals surface area contributed by atoms with Crippen LogP contribution in [-0.2, 0) is 13.1 Å². The largest absolute Gasteiger partial charge is 0.341 e. The number of likely N-dealkylation sites (tertiary alicyclic amines) is 1. The van der Waals surface area contributed by atoms with E-state index in [0.29, 0.717) is 5.92 Å². The van der Waals surface area contributed by atoms with Gasteiger partial charge in [0.25, 0.3) is 0 Å². The van der Waals surface area contributed by atoms with Crippen molar-refractivity contribution >= 4 is 5.95 Å². The van der Waals surface area contributed by atoms with E-state index < -0.39 is 0 Å². The highest BCUT2D eigenvalue weighted by molar-refractivity contribution is 5.30. The number of hydrogen-bond acceptors (Lipinski definition) is 5. The van der Waals surface area contributed by atoms with Crippen molar-refractivity contribution in [1.82, 2.24) is 24.4 Å². The van der Waals surface area contributed by atoms with Crippen LogP contribution in [0.2, 0.25) is 0 Å². The molecular formula is C20H30N6. The molecule has 2 aliphatic rings. The molecule has 2 saturated heterocycles. The molecule has 2 aromatic heterocycles. The summed E-state index contributed by atoms with van der Waals surface area (Å²) in [5.74, 6) is 2.72. The molecule has 0 bridgehead atoms. The summed E-state index contributed by atoms with van der Waals surface area (Å²) < 4.78 is 2.28. The summed E-state index contributed by atoms with van der Waals surface area (Å²) in [6.07, 6.45) is 14.5. The zero-order valence-corrected chi connectivity index (χ0v) is 15.8. The van der Waals surface area contributed by atoms with Crippen LogP contribution >= 0.6 is 0 Å². The Labute approximate surface area is 156 Å². The van der Waals surface area contributed by atoms with Gasteiger partial charge < -0.3 is 9.47 Å². The quantitative estimate of drug-likeness (QED) is 0.826. The molecule has 0 aliphatic carbocycles. The van der Waals surface area contributed by atoms with Crippen molar-refractivity contribution in [1.29, 1.82) is 0 Å². The van der Waals surface area contributed by atoms with E-state index >= 15 is 0 Å². The predicted octanol–water partition coefficient (Wildman–Crippen LogP) is 2.88. The number of anilines is 1. The van der Waals surface area contributed by atoms with E-state index in [1.165, 1.54) is 44.2 Å². The second-order valence-corrected chi connectivity index (χ2v) is 7.81. The van der Waals surface area contributed by atoms with Gasteiger partial charge in [0.2, 0.25) is 5.95 Å². The number of piperidine rings is 2. The first-order valence-corrected chi connectivity index (χ1v) is 10.0. The maximum absolute atomic E-state index is 4.64. The maximum Gasteiger partial charge on any atom is 0.225 e. The number of nitrogens with zero attached hydrogens (tertiary/aromatic N) is 6. The molecule has 26 heavy (non-hydrogen) atoms. The van der Waals surface area contributed by atoms with Crippen LogP contribution in [0, 0.1) is 12.8 Å². The highest BCUT2D eigenvalue weighted by Gasteiger charge is 2.21. The molecule has 0 aromatic carbocycles. The Bertz CT molecular complexity index is 689. The molecule has 2 aromatic rings. The van der Waals surface area contributed by atoms with Crippen LogP contribution in [-0.4, -0.2) is 50.6 Å². The number of aromatic nitrogens is 4. The third-order valence-corrected chi connectivity index (χ3v) is 5.72. The zero-order chi connectivity index (χ0) is 17.8. The van der Waals surface area contributed by atoms with Gasteiger partial charge in [-0.2, -0.15) is 0 Å². The fourth-order valence-corrected chi connectivity index (χ4v) is 4.26. The highest BCUT2D eigenvalue weighted by atomic mass is 15.2. The van der Waals surface area contributed by atoms with E-state index in [1.807, 2.05) is 18.6 Å². The summed E-state index contributed by atoms with van der Waals surface area (Å²) >= 11 is 0. The number of hydrogen-bond donors (Lipinski definition) is 0. The Morgan fingerprint density at radius 1 is 1.00 bits per heavy atom. The maximum atomic E-state index is 4.64. The van der Waals surface area contributed by atoms with Crippen LogP contribution in [0.5, 0.6) is 0 Å². The van der Waals surface area contributed by atoms with E-state index in [1.54, 1.807) is 0 Å². The lowest BCUT2D eigenvalue weighted by Gasteiger charge is -2.33. The third-order valence-electron chi connectivity index (χ3n) is 5.72. The van der Waals surface area contributed by atoms with Crippen molar-refractivity contribution < 1.29 is 0 Å². The first kappa shape index (κ1) is 17.5. The van der Waals surface area contributed by atoms with Gasteiger partial charge >= 0.3 is 0 Å². The minimum Gasteiger partial charge on any atom is -0.341 e. The summed E-state index contributed by atoms with van der Waals surface area (Å²) in [4.78, 5) is 18.5.